The van der Waals surface area contributed by atoms with E-state index >= 15 is 0 Å². The summed E-state index contributed by atoms with van der Waals surface area (Å²) in [6.07, 6.45) is 0. The van der Waals surface area contributed by atoms with Gasteiger partial charge < -0.3 is 16.4 Å². The fourth-order valence-corrected chi connectivity index (χ4v) is 1.46. The molecule has 0 saturated carbocycles. The van der Waals surface area contributed by atoms with E-state index in [4.69, 9.17) is 5.73 Å². The van der Waals surface area contributed by atoms with Gasteiger partial charge in [0.25, 0.3) is 5.91 Å². The Morgan fingerprint density at radius 3 is 2.59 bits per heavy atom. The number of anilines is 1. The van der Waals surface area contributed by atoms with Crippen molar-refractivity contribution in [1.29, 1.82) is 0 Å². The van der Waals surface area contributed by atoms with Crippen molar-refractivity contribution < 1.29 is 9.59 Å². The Morgan fingerprint density at radius 1 is 1.35 bits per heavy atom. The molecule has 0 saturated heterocycles. The summed E-state index contributed by atoms with van der Waals surface area (Å²) in [5.41, 5.74) is 7.45. The van der Waals surface area contributed by atoms with Gasteiger partial charge >= 0.3 is 0 Å². The number of nitrogens with two attached hydrogens (primary N) is 1. The number of amides is 2. The quantitative estimate of drug-likeness (QED) is 0.700. The fraction of sp³-hybridized carbons (Fsp3) is 0.333. The van der Waals surface area contributed by atoms with Gasteiger partial charge in [-0.2, -0.15) is 0 Å². The van der Waals surface area contributed by atoms with Gasteiger partial charge in [-0.15, -0.1) is 0 Å². The Labute approximate surface area is 100 Å². The summed E-state index contributed by atoms with van der Waals surface area (Å²) in [6.45, 7) is 4.61. The summed E-state index contributed by atoms with van der Waals surface area (Å²) < 4.78 is 0. The van der Waals surface area contributed by atoms with Crippen LogP contribution in [0.1, 0.15) is 22.8 Å². The van der Waals surface area contributed by atoms with E-state index in [1.807, 2.05) is 19.9 Å². The third-order valence-corrected chi connectivity index (χ3v) is 2.28. The molecule has 1 rings (SSSR count). The zero-order valence-corrected chi connectivity index (χ0v) is 10.0. The molecular weight excluding hydrogens is 218 g/mol. The largest absolute Gasteiger partial charge is 0.385 e. The normalized spacial score (nSPS) is 9.76. The Kier molecular flexibility index (Phi) is 4.51. The zero-order valence-electron chi connectivity index (χ0n) is 10.0. The van der Waals surface area contributed by atoms with E-state index in [1.165, 1.54) is 0 Å². The number of carbonyl (C=O) groups is 2. The van der Waals surface area contributed by atoms with Crippen LogP contribution < -0.4 is 16.4 Å². The predicted octanol–water partition coefficient (Wildman–Crippen LogP) is 0.642. The van der Waals surface area contributed by atoms with Crippen LogP contribution in [0.2, 0.25) is 0 Å². The van der Waals surface area contributed by atoms with Gasteiger partial charge in [0.05, 0.1) is 6.54 Å². The van der Waals surface area contributed by atoms with E-state index in [0.29, 0.717) is 5.56 Å². The molecule has 0 radical (unpaired) electrons. The van der Waals surface area contributed by atoms with Crippen LogP contribution in [0, 0.1) is 6.92 Å². The Morgan fingerprint density at radius 2 is 2.06 bits per heavy atom. The number of aryl methyl sites for hydroxylation is 1. The molecule has 0 aliphatic heterocycles. The van der Waals surface area contributed by atoms with Gasteiger partial charge in [-0.25, -0.2) is 0 Å². The van der Waals surface area contributed by atoms with Crippen LogP contribution >= 0.6 is 0 Å². The highest BCUT2D eigenvalue weighted by Gasteiger charge is 2.07. The SMILES string of the molecule is CCNc1ccc(C(=O)NCC(N)=O)cc1C. The van der Waals surface area contributed by atoms with Crippen LogP contribution in [-0.2, 0) is 4.79 Å². The van der Waals surface area contributed by atoms with E-state index in [-0.39, 0.29) is 12.5 Å². The smallest absolute Gasteiger partial charge is 0.251 e. The molecule has 0 unspecified atom stereocenters. The standard InChI is InChI=1S/C12H17N3O2/c1-3-14-10-5-4-9(6-8(10)2)12(17)15-7-11(13)16/h4-6,14H,3,7H2,1-2H3,(H2,13,16)(H,15,17). The number of benzene rings is 1. The molecule has 0 atom stereocenters. The molecule has 2 amide bonds. The van der Waals surface area contributed by atoms with E-state index in [1.54, 1.807) is 12.1 Å². The first kappa shape index (κ1) is 13.0. The molecule has 1 aromatic rings. The zero-order chi connectivity index (χ0) is 12.8. The van der Waals surface area contributed by atoms with Gasteiger partial charge in [0, 0.05) is 17.8 Å². The third-order valence-electron chi connectivity index (χ3n) is 2.28. The summed E-state index contributed by atoms with van der Waals surface area (Å²) in [5.74, 6) is -0.853. The number of nitrogens with one attached hydrogen (secondary N) is 2. The van der Waals surface area contributed by atoms with Crippen molar-refractivity contribution in [3.05, 3.63) is 29.3 Å². The molecule has 0 fully saturated rings. The summed E-state index contributed by atoms with van der Waals surface area (Å²) in [4.78, 5) is 22.2. The van der Waals surface area contributed by atoms with Crippen molar-refractivity contribution in [2.45, 2.75) is 13.8 Å². The van der Waals surface area contributed by atoms with Crippen molar-refractivity contribution in [1.82, 2.24) is 5.32 Å². The van der Waals surface area contributed by atoms with Gasteiger partial charge in [-0.05, 0) is 37.6 Å². The van der Waals surface area contributed by atoms with E-state index in [9.17, 15) is 9.59 Å². The molecule has 0 aliphatic rings. The van der Waals surface area contributed by atoms with Crippen LogP contribution in [0.25, 0.3) is 0 Å². The van der Waals surface area contributed by atoms with Gasteiger partial charge in [0.1, 0.15) is 0 Å². The van der Waals surface area contributed by atoms with Crippen molar-refractivity contribution in [2.24, 2.45) is 5.73 Å². The van der Waals surface area contributed by atoms with Crippen LogP contribution in [-0.4, -0.2) is 24.9 Å². The fourth-order valence-electron chi connectivity index (χ4n) is 1.46. The van der Waals surface area contributed by atoms with Gasteiger partial charge in [0.15, 0.2) is 0 Å². The molecule has 5 nitrogen and oxygen atoms in total. The van der Waals surface area contributed by atoms with Crippen LogP contribution in [0.5, 0.6) is 0 Å². The highest BCUT2D eigenvalue weighted by molar-refractivity contribution is 5.96. The first-order valence-electron chi connectivity index (χ1n) is 5.45. The predicted molar refractivity (Wildman–Crippen MR) is 66.9 cm³/mol. The summed E-state index contributed by atoms with van der Waals surface area (Å²) >= 11 is 0. The third kappa shape index (κ3) is 3.79. The van der Waals surface area contributed by atoms with Gasteiger partial charge in [0.2, 0.25) is 5.91 Å². The molecule has 0 spiro atoms. The lowest BCUT2D eigenvalue weighted by Gasteiger charge is -2.09. The highest BCUT2D eigenvalue weighted by Crippen LogP contribution is 2.16. The molecule has 1 aromatic carbocycles. The van der Waals surface area contributed by atoms with E-state index in [0.717, 1.165) is 17.8 Å². The minimum Gasteiger partial charge on any atom is -0.385 e. The number of hydrogen-bond acceptors (Lipinski definition) is 3. The minimum absolute atomic E-state index is 0.146. The molecule has 92 valence electrons. The molecular formula is C12H17N3O2. The van der Waals surface area contributed by atoms with Crippen molar-refractivity contribution in [3.63, 3.8) is 0 Å². The molecule has 0 bridgehead atoms. The number of carbonyl (C=O) groups excluding carboxylic acids is 2. The summed E-state index contributed by atoms with van der Waals surface area (Å²) in [6, 6.07) is 5.33. The molecule has 5 heteroatoms. The summed E-state index contributed by atoms with van der Waals surface area (Å²) in [5, 5.41) is 5.63. The highest BCUT2D eigenvalue weighted by atomic mass is 16.2. The first-order chi connectivity index (χ1) is 8.04. The molecule has 17 heavy (non-hydrogen) atoms. The second-order valence-electron chi connectivity index (χ2n) is 3.71. The second-order valence-corrected chi connectivity index (χ2v) is 3.71. The van der Waals surface area contributed by atoms with Crippen LogP contribution in [0.3, 0.4) is 0 Å². The lowest BCUT2D eigenvalue weighted by atomic mass is 10.1. The topological polar surface area (TPSA) is 84.2 Å². The van der Waals surface area contributed by atoms with Gasteiger partial charge in [-0.1, -0.05) is 0 Å². The monoisotopic (exact) mass is 235 g/mol. The van der Waals surface area contributed by atoms with Crippen molar-refractivity contribution in [2.75, 3.05) is 18.4 Å². The van der Waals surface area contributed by atoms with Crippen molar-refractivity contribution >= 4 is 17.5 Å². The minimum atomic E-state index is -0.556. The van der Waals surface area contributed by atoms with Crippen LogP contribution in [0.15, 0.2) is 18.2 Å². The van der Waals surface area contributed by atoms with Crippen molar-refractivity contribution in [3.8, 4) is 0 Å². The Hall–Kier alpha value is -2.04. The maximum atomic E-state index is 11.6. The maximum absolute atomic E-state index is 11.6. The summed E-state index contributed by atoms with van der Waals surface area (Å²) in [7, 11) is 0. The Bertz CT molecular complexity index is 430. The number of hydrogen-bond donors (Lipinski definition) is 3. The first-order valence-corrected chi connectivity index (χ1v) is 5.45. The molecule has 0 heterocycles. The lowest BCUT2D eigenvalue weighted by Crippen LogP contribution is -2.33. The van der Waals surface area contributed by atoms with E-state index in [2.05, 4.69) is 10.6 Å². The number of primary amides is 1. The molecule has 4 N–H and O–H groups in total. The Balaban J connectivity index is 2.75. The van der Waals surface area contributed by atoms with Crippen LogP contribution in [0.4, 0.5) is 5.69 Å². The average Bonchev–Trinajstić information content (AvgIpc) is 2.28. The van der Waals surface area contributed by atoms with E-state index < -0.39 is 5.91 Å². The molecule has 0 aliphatic carbocycles. The van der Waals surface area contributed by atoms with Gasteiger partial charge in [-0.3, -0.25) is 9.59 Å². The molecule has 0 aromatic heterocycles. The number of rotatable bonds is 5. The average molecular weight is 235 g/mol. The maximum Gasteiger partial charge on any atom is 0.251 e. The second kappa shape index (κ2) is 5.89. The lowest BCUT2D eigenvalue weighted by molar-refractivity contribution is -0.117.